The smallest absolute Gasteiger partial charge is 0.259 e. The van der Waals surface area contributed by atoms with Gasteiger partial charge in [0.15, 0.2) is 0 Å². The number of halogens is 2. The van der Waals surface area contributed by atoms with Gasteiger partial charge in [0.05, 0.1) is 22.0 Å². The van der Waals surface area contributed by atoms with Crippen LogP contribution in [0.1, 0.15) is 28.5 Å². The molecule has 1 amide bonds. The van der Waals surface area contributed by atoms with Crippen molar-refractivity contribution in [3.63, 3.8) is 0 Å². The number of anilines is 3. The summed E-state index contributed by atoms with van der Waals surface area (Å²) in [6, 6.07) is 18.6. The molecule has 0 fully saturated rings. The molecule has 0 saturated heterocycles. The van der Waals surface area contributed by atoms with Crippen LogP contribution in [-0.4, -0.2) is 26.7 Å². The van der Waals surface area contributed by atoms with Crippen LogP contribution in [-0.2, 0) is 6.42 Å². The van der Waals surface area contributed by atoms with Crippen LogP contribution in [0.4, 0.5) is 21.7 Å². The number of amides is 1. The first-order valence-corrected chi connectivity index (χ1v) is 12.2. The van der Waals surface area contributed by atoms with Crippen LogP contribution in [0, 0.1) is 5.82 Å². The minimum absolute atomic E-state index is 0.0936. The van der Waals surface area contributed by atoms with Gasteiger partial charge in [0.1, 0.15) is 11.6 Å². The van der Waals surface area contributed by atoms with E-state index in [-0.39, 0.29) is 28.0 Å². The molecule has 35 heavy (non-hydrogen) atoms. The number of para-hydroxylation sites is 1. The van der Waals surface area contributed by atoms with Crippen molar-refractivity contribution < 1.29 is 14.3 Å². The minimum atomic E-state index is -0.636. The van der Waals surface area contributed by atoms with Crippen molar-refractivity contribution in [1.82, 2.24) is 9.97 Å². The Morgan fingerprint density at radius 1 is 1.09 bits per heavy atom. The lowest BCUT2D eigenvalue weighted by molar-refractivity contribution is 0.102. The van der Waals surface area contributed by atoms with Crippen LogP contribution in [0.5, 0.6) is 5.75 Å². The zero-order valence-corrected chi connectivity index (χ0v) is 20.3. The first kappa shape index (κ1) is 24.5. The number of aromatic nitrogens is 2. The fraction of sp³-hybridized carbons (Fsp3) is 0.115. The number of aromatic hydroxyl groups is 1. The van der Waals surface area contributed by atoms with Crippen molar-refractivity contribution in [1.29, 1.82) is 0 Å². The second-order valence-electron chi connectivity index (χ2n) is 7.49. The molecule has 178 valence electrons. The van der Waals surface area contributed by atoms with Crippen molar-refractivity contribution in [2.45, 2.75) is 18.2 Å². The van der Waals surface area contributed by atoms with Gasteiger partial charge >= 0.3 is 0 Å². The fourth-order valence-electron chi connectivity index (χ4n) is 3.40. The van der Waals surface area contributed by atoms with Crippen molar-refractivity contribution in [2.24, 2.45) is 0 Å². The van der Waals surface area contributed by atoms with E-state index in [1.54, 1.807) is 36.0 Å². The summed E-state index contributed by atoms with van der Waals surface area (Å²) in [5.41, 5.74) is 2.25. The van der Waals surface area contributed by atoms with Crippen molar-refractivity contribution >= 4 is 46.6 Å². The number of rotatable bonds is 8. The number of hydrogen-bond donors (Lipinski definition) is 3. The molecule has 0 saturated carbocycles. The Morgan fingerprint density at radius 2 is 1.86 bits per heavy atom. The molecular formula is C26H22ClFN4O2S. The third kappa shape index (κ3) is 6.09. The van der Waals surface area contributed by atoms with Crippen molar-refractivity contribution in [3.05, 3.63) is 101 Å². The largest absolute Gasteiger partial charge is 0.508 e. The predicted molar refractivity (Wildman–Crippen MR) is 138 cm³/mol. The van der Waals surface area contributed by atoms with Gasteiger partial charge in [-0.25, -0.2) is 14.4 Å². The highest BCUT2D eigenvalue weighted by Crippen LogP contribution is 2.28. The third-order valence-electron chi connectivity index (χ3n) is 5.07. The monoisotopic (exact) mass is 508 g/mol. The van der Waals surface area contributed by atoms with Crippen LogP contribution in [0.3, 0.4) is 0 Å². The van der Waals surface area contributed by atoms with E-state index in [1.807, 2.05) is 24.3 Å². The number of carbonyl (C=O) groups is 1. The number of thioether (sulfide) groups is 1. The summed E-state index contributed by atoms with van der Waals surface area (Å²) in [5.74, 6) is 0.119. The van der Waals surface area contributed by atoms with Gasteiger partial charge in [0.25, 0.3) is 5.91 Å². The Kier molecular flexibility index (Phi) is 7.84. The third-order valence-corrected chi connectivity index (χ3v) is 6.38. The predicted octanol–water partition coefficient (Wildman–Crippen LogP) is 6.67. The first-order chi connectivity index (χ1) is 16.9. The van der Waals surface area contributed by atoms with Gasteiger partial charge in [0.2, 0.25) is 5.95 Å². The summed E-state index contributed by atoms with van der Waals surface area (Å²) in [4.78, 5) is 23.2. The molecular weight excluding hydrogens is 487 g/mol. The van der Waals surface area contributed by atoms with E-state index in [9.17, 15) is 14.3 Å². The molecule has 0 atom stereocenters. The molecule has 9 heteroatoms. The van der Waals surface area contributed by atoms with Crippen molar-refractivity contribution in [3.8, 4) is 5.75 Å². The Bertz CT molecular complexity index is 1330. The number of nitrogens with zero attached hydrogens (tertiary/aromatic N) is 2. The lowest BCUT2D eigenvalue weighted by Crippen LogP contribution is -2.18. The molecule has 4 aromatic rings. The number of phenolic OH excluding ortho intramolecular Hbond substituents is 1. The molecule has 0 bridgehead atoms. The quantitative estimate of drug-likeness (QED) is 0.182. The molecule has 1 heterocycles. The van der Waals surface area contributed by atoms with E-state index in [0.29, 0.717) is 17.8 Å². The fourth-order valence-corrected chi connectivity index (χ4v) is 4.42. The van der Waals surface area contributed by atoms with Crippen LogP contribution in [0.2, 0.25) is 5.02 Å². The molecule has 0 aliphatic rings. The van der Waals surface area contributed by atoms with E-state index in [4.69, 9.17) is 11.6 Å². The van der Waals surface area contributed by atoms with Crippen molar-refractivity contribution in [2.75, 3.05) is 16.4 Å². The molecule has 6 nitrogen and oxygen atoms in total. The highest BCUT2D eigenvalue weighted by molar-refractivity contribution is 7.99. The van der Waals surface area contributed by atoms with E-state index in [0.717, 1.165) is 16.2 Å². The Morgan fingerprint density at radius 3 is 2.60 bits per heavy atom. The minimum Gasteiger partial charge on any atom is -0.508 e. The van der Waals surface area contributed by atoms with Gasteiger partial charge < -0.3 is 15.7 Å². The Labute approximate surface area is 211 Å². The van der Waals surface area contributed by atoms with Gasteiger partial charge in [-0.3, -0.25) is 4.79 Å². The summed E-state index contributed by atoms with van der Waals surface area (Å²) in [6.07, 6.45) is 1.77. The maximum Gasteiger partial charge on any atom is 0.259 e. The van der Waals surface area contributed by atoms with Gasteiger partial charge in [0, 0.05) is 23.2 Å². The van der Waals surface area contributed by atoms with Crippen LogP contribution < -0.4 is 10.6 Å². The summed E-state index contributed by atoms with van der Waals surface area (Å²) in [7, 11) is 0. The average molecular weight is 509 g/mol. The first-order valence-electron chi connectivity index (χ1n) is 10.8. The summed E-state index contributed by atoms with van der Waals surface area (Å²) in [5, 5.41) is 15.2. The molecule has 4 rings (SSSR count). The second kappa shape index (κ2) is 11.2. The Hall–Kier alpha value is -3.62. The number of benzene rings is 3. The molecule has 3 N–H and O–H groups in total. The highest BCUT2D eigenvalue weighted by atomic mass is 35.5. The van der Waals surface area contributed by atoms with E-state index in [2.05, 4.69) is 27.5 Å². The van der Waals surface area contributed by atoms with E-state index in [1.165, 1.54) is 24.4 Å². The van der Waals surface area contributed by atoms with Crippen LogP contribution >= 0.6 is 23.4 Å². The van der Waals surface area contributed by atoms with Gasteiger partial charge in [-0.1, -0.05) is 42.8 Å². The number of nitrogens with one attached hydrogen (secondary N) is 2. The SMILES string of the molecule is CCSc1ccccc1Cc1nc(Nc2ccc(O)cc2)ncc1C(=O)Nc1c(F)cccc1Cl. The molecule has 0 radical (unpaired) electrons. The zero-order chi connectivity index (χ0) is 24.8. The van der Waals surface area contributed by atoms with E-state index >= 15 is 0 Å². The second-order valence-corrected chi connectivity index (χ2v) is 9.21. The summed E-state index contributed by atoms with van der Waals surface area (Å²) >= 11 is 7.80. The zero-order valence-electron chi connectivity index (χ0n) is 18.8. The van der Waals surface area contributed by atoms with Gasteiger partial charge in [-0.05, 0) is 53.8 Å². The normalized spacial score (nSPS) is 10.7. The number of carbonyl (C=O) groups excluding carboxylic acids is 1. The maximum atomic E-state index is 14.3. The summed E-state index contributed by atoms with van der Waals surface area (Å²) in [6.45, 7) is 2.07. The van der Waals surface area contributed by atoms with Gasteiger partial charge in [-0.2, -0.15) is 0 Å². The lowest BCUT2D eigenvalue weighted by atomic mass is 10.1. The highest BCUT2D eigenvalue weighted by Gasteiger charge is 2.19. The maximum absolute atomic E-state index is 14.3. The van der Waals surface area contributed by atoms with Crippen LogP contribution in [0.25, 0.3) is 0 Å². The lowest BCUT2D eigenvalue weighted by Gasteiger charge is -2.14. The van der Waals surface area contributed by atoms with E-state index < -0.39 is 11.7 Å². The standard InChI is InChI=1S/C26H22ClFN4O2S/c1-2-35-23-9-4-3-6-16(23)14-22-19(25(34)32-24-20(27)7-5-8-21(24)28)15-29-26(31-22)30-17-10-12-18(33)13-11-17/h3-13,15,33H,2,14H2,1H3,(H,32,34)(H,29,30,31). The molecule has 0 aliphatic carbocycles. The topological polar surface area (TPSA) is 87.1 Å². The molecule has 0 aliphatic heterocycles. The number of hydrogen-bond acceptors (Lipinski definition) is 6. The Balaban J connectivity index is 1.70. The number of phenols is 1. The average Bonchev–Trinajstić information content (AvgIpc) is 2.84. The molecule has 0 unspecified atom stereocenters. The molecule has 1 aromatic heterocycles. The molecule has 0 spiro atoms. The summed E-state index contributed by atoms with van der Waals surface area (Å²) < 4.78 is 14.3. The van der Waals surface area contributed by atoms with Gasteiger partial charge in [-0.15, -0.1) is 11.8 Å². The molecule has 3 aromatic carbocycles. The van der Waals surface area contributed by atoms with Crippen LogP contribution in [0.15, 0.2) is 77.8 Å².